The Morgan fingerprint density at radius 1 is 1.28 bits per heavy atom. The lowest BCUT2D eigenvalue weighted by atomic mass is 10.2. The smallest absolute Gasteiger partial charge is 0.242 e. The molecule has 0 aliphatic rings. The summed E-state index contributed by atoms with van der Waals surface area (Å²) in [5.74, 6) is 0.721. The lowest BCUT2D eigenvalue weighted by Gasteiger charge is -2.19. The van der Waals surface area contributed by atoms with Crippen molar-refractivity contribution in [2.45, 2.75) is 39.8 Å². The van der Waals surface area contributed by atoms with Crippen LogP contribution in [0.15, 0.2) is 18.2 Å². The molecule has 0 aliphatic carbocycles. The Morgan fingerprint density at radius 3 is 2.50 bits per heavy atom. The minimum absolute atomic E-state index is 0.0199. The number of hydrogen-bond donors (Lipinski definition) is 2. The standard InChI is InChI=1S/C14H22N2O2/c1-9(2)15-14(17)11(4)16-12-8-10(3)6-7-13(12)18-5/h6-9,11,16H,1-5H3,(H,15,17)/t11-/m1/s1. The molecule has 0 heterocycles. The summed E-state index contributed by atoms with van der Waals surface area (Å²) in [6.45, 7) is 7.72. The molecule has 100 valence electrons. The molecule has 0 bridgehead atoms. The quantitative estimate of drug-likeness (QED) is 0.843. The number of methoxy groups -OCH3 is 1. The van der Waals surface area contributed by atoms with E-state index in [0.717, 1.165) is 17.0 Å². The van der Waals surface area contributed by atoms with Gasteiger partial charge in [0.2, 0.25) is 5.91 Å². The number of aryl methyl sites for hydroxylation is 1. The molecule has 1 aromatic carbocycles. The second-order valence-electron chi connectivity index (χ2n) is 4.73. The van der Waals surface area contributed by atoms with Crippen LogP contribution in [0.1, 0.15) is 26.3 Å². The predicted molar refractivity (Wildman–Crippen MR) is 74.1 cm³/mol. The molecule has 4 nitrogen and oxygen atoms in total. The normalized spacial score (nSPS) is 12.1. The summed E-state index contributed by atoms with van der Waals surface area (Å²) in [6, 6.07) is 5.68. The molecule has 1 rings (SSSR count). The maximum atomic E-state index is 11.8. The zero-order chi connectivity index (χ0) is 13.7. The minimum atomic E-state index is -0.303. The van der Waals surface area contributed by atoms with Crippen LogP contribution in [-0.2, 0) is 4.79 Å². The highest BCUT2D eigenvalue weighted by atomic mass is 16.5. The average molecular weight is 250 g/mol. The highest BCUT2D eigenvalue weighted by molar-refractivity contribution is 5.84. The highest BCUT2D eigenvalue weighted by Gasteiger charge is 2.15. The number of carbonyl (C=O) groups excluding carboxylic acids is 1. The van der Waals surface area contributed by atoms with E-state index in [9.17, 15) is 4.79 Å². The van der Waals surface area contributed by atoms with Gasteiger partial charge in [-0.1, -0.05) is 6.07 Å². The zero-order valence-corrected chi connectivity index (χ0v) is 11.7. The van der Waals surface area contributed by atoms with Crippen LogP contribution in [0.5, 0.6) is 5.75 Å². The van der Waals surface area contributed by atoms with E-state index in [1.165, 1.54) is 0 Å². The van der Waals surface area contributed by atoms with Gasteiger partial charge in [-0.15, -0.1) is 0 Å². The number of benzene rings is 1. The van der Waals surface area contributed by atoms with Crippen molar-refractivity contribution in [2.75, 3.05) is 12.4 Å². The predicted octanol–water partition coefficient (Wildman–Crippen LogP) is 2.33. The molecule has 2 N–H and O–H groups in total. The molecule has 1 atom stereocenters. The highest BCUT2D eigenvalue weighted by Crippen LogP contribution is 2.25. The van der Waals surface area contributed by atoms with E-state index in [2.05, 4.69) is 10.6 Å². The maximum Gasteiger partial charge on any atom is 0.242 e. The van der Waals surface area contributed by atoms with Crippen molar-refractivity contribution in [3.05, 3.63) is 23.8 Å². The van der Waals surface area contributed by atoms with Crippen LogP contribution in [0.4, 0.5) is 5.69 Å². The molecule has 1 aromatic rings. The Morgan fingerprint density at radius 2 is 1.94 bits per heavy atom. The topological polar surface area (TPSA) is 50.4 Å². The first-order valence-electron chi connectivity index (χ1n) is 6.15. The van der Waals surface area contributed by atoms with E-state index in [4.69, 9.17) is 4.74 Å². The van der Waals surface area contributed by atoms with Gasteiger partial charge in [0.1, 0.15) is 11.8 Å². The summed E-state index contributed by atoms with van der Waals surface area (Å²) < 4.78 is 5.27. The molecular weight excluding hydrogens is 228 g/mol. The number of nitrogens with one attached hydrogen (secondary N) is 2. The fraction of sp³-hybridized carbons (Fsp3) is 0.500. The first kappa shape index (κ1) is 14.4. The molecule has 0 aromatic heterocycles. The van der Waals surface area contributed by atoms with Gasteiger partial charge in [0.25, 0.3) is 0 Å². The van der Waals surface area contributed by atoms with Gasteiger partial charge in [-0.05, 0) is 45.4 Å². The maximum absolute atomic E-state index is 11.8. The monoisotopic (exact) mass is 250 g/mol. The molecule has 4 heteroatoms. The summed E-state index contributed by atoms with van der Waals surface area (Å²) in [4.78, 5) is 11.8. The second kappa shape index (κ2) is 6.28. The zero-order valence-electron chi connectivity index (χ0n) is 11.7. The largest absolute Gasteiger partial charge is 0.495 e. The van der Waals surface area contributed by atoms with Crippen LogP contribution in [0.25, 0.3) is 0 Å². The van der Waals surface area contributed by atoms with Gasteiger partial charge < -0.3 is 15.4 Å². The first-order chi connectivity index (χ1) is 8.43. The van der Waals surface area contributed by atoms with Crippen LogP contribution in [0, 0.1) is 6.92 Å². The first-order valence-corrected chi connectivity index (χ1v) is 6.15. The van der Waals surface area contributed by atoms with Crippen molar-refractivity contribution >= 4 is 11.6 Å². The van der Waals surface area contributed by atoms with Crippen LogP contribution < -0.4 is 15.4 Å². The molecule has 0 saturated heterocycles. The molecular formula is C14H22N2O2. The molecule has 0 aliphatic heterocycles. The van der Waals surface area contributed by atoms with Crippen molar-refractivity contribution in [1.82, 2.24) is 5.32 Å². The summed E-state index contributed by atoms with van der Waals surface area (Å²) >= 11 is 0. The molecule has 0 spiro atoms. The fourth-order valence-corrected chi connectivity index (χ4v) is 1.64. The van der Waals surface area contributed by atoms with Gasteiger partial charge in [-0.2, -0.15) is 0 Å². The third-order valence-corrected chi connectivity index (χ3v) is 2.55. The van der Waals surface area contributed by atoms with Crippen molar-refractivity contribution in [3.63, 3.8) is 0 Å². The number of rotatable bonds is 5. The number of anilines is 1. The Balaban J connectivity index is 2.77. The molecule has 0 unspecified atom stereocenters. The van der Waals surface area contributed by atoms with E-state index in [1.54, 1.807) is 7.11 Å². The van der Waals surface area contributed by atoms with Gasteiger partial charge in [-0.25, -0.2) is 0 Å². The number of amides is 1. The van der Waals surface area contributed by atoms with Crippen molar-refractivity contribution in [3.8, 4) is 5.75 Å². The van der Waals surface area contributed by atoms with E-state index in [0.29, 0.717) is 0 Å². The third-order valence-electron chi connectivity index (χ3n) is 2.55. The summed E-state index contributed by atoms with van der Waals surface area (Å²) in [5.41, 5.74) is 1.96. The van der Waals surface area contributed by atoms with E-state index >= 15 is 0 Å². The van der Waals surface area contributed by atoms with E-state index in [-0.39, 0.29) is 18.0 Å². The fourth-order valence-electron chi connectivity index (χ4n) is 1.64. The molecule has 0 fully saturated rings. The molecule has 1 amide bonds. The number of ether oxygens (including phenoxy) is 1. The van der Waals surface area contributed by atoms with Gasteiger partial charge >= 0.3 is 0 Å². The lowest BCUT2D eigenvalue weighted by Crippen LogP contribution is -2.41. The van der Waals surface area contributed by atoms with Crippen LogP contribution in [0.3, 0.4) is 0 Å². The van der Waals surface area contributed by atoms with Gasteiger partial charge in [0.15, 0.2) is 0 Å². The van der Waals surface area contributed by atoms with Crippen molar-refractivity contribution in [2.24, 2.45) is 0 Å². The van der Waals surface area contributed by atoms with Crippen LogP contribution in [0.2, 0.25) is 0 Å². The van der Waals surface area contributed by atoms with Crippen LogP contribution >= 0.6 is 0 Å². The Bertz CT molecular complexity index is 416. The Kier molecular flexibility index (Phi) is 5.01. The van der Waals surface area contributed by atoms with Gasteiger partial charge in [-0.3, -0.25) is 4.79 Å². The minimum Gasteiger partial charge on any atom is -0.495 e. The molecule has 18 heavy (non-hydrogen) atoms. The second-order valence-corrected chi connectivity index (χ2v) is 4.73. The Hall–Kier alpha value is -1.71. The average Bonchev–Trinajstić information content (AvgIpc) is 2.28. The van der Waals surface area contributed by atoms with Crippen LogP contribution in [-0.4, -0.2) is 25.1 Å². The number of carbonyl (C=O) groups is 1. The SMILES string of the molecule is COc1ccc(C)cc1N[C@H](C)C(=O)NC(C)C. The number of hydrogen-bond acceptors (Lipinski definition) is 3. The summed E-state index contributed by atoms with van der Waals surface area (Å²) in [7, 11) is 1.62. The molecule has 0 radical (unpaired) electrons. The summed E-state index contributed by atoms with van der Waals surface area (Å²) in [5, 5.41) is 6.04. The van der Waals surface area contributed by atoms with Gasteiger partial charge in [0.05, 0.1) is 12.8 Å². The lowest BCUT2D eigenvalue weighted by molar-refractivity contribution is -0.122. The Labute approximate surface area is 109 Å². The van der Waals surface area contributed by atoms with Gasteiger partial charge in [0, 0.05) is 6.04 Å². The van der Waals surface area contributed by atoms with E-state index < -0.39 is 0 Å². The summed E-state index contributed by atoms with van der Waals surface area (Å²) in [6.07, 6.45) is 0. The van der Waals surface area contributed by atoms with Crippen molar-refractivity contribution in [1.29, 1.82) is 0 Å². The van der Waals surface area contributed by atoms with E-state index in [1.807, 2.05) is 45.9 Å². The molecule has 0 saturated carbocycles. The van der Waals surface area contributed by atoms with Crippen molar-refractivity contribution < 1.29 is 9.53 Å². The third kappa shape index (κ3) is 3.95.